The number of carbonyl (C=O) groups is 1. The van der Waals surface area contributed by atoms with Crippen LogP contribution in [0.2, 0.25) is 0 Å². The Hall–Kier alpha value is -1.29. The van der Waals surface area contributed by atoms with E-state index >= 15 is 0 Å². The number of carbonyl (C=O) groups excluding carboxylic acids is 1. The molecule has 0 saturated heterocycles. The van der Waals surface area contributed by atoms with Crippen molar-refractivity contribution < 1.29 is 13.9 Å². The fourth-order valence-corrected chi connectivity index (χ4v) is 1.34. The molecular formula is C11H17NO3. The quantitative estimate of drug-likeness (QED) is 0.752. The molecule has 84 valence electrons. The summed E-state index contributed by atoms with van der Waals surface area (Å²) in [7, 11) is 1.39. The lowest BCUT2D eigenvalue weighted by Crippen LogP contribution is -2.36. The van der Waals surface area contributed by atoms with E-state index in [1.54, 1.807) is 0 Å². The van der Waals surface area contributed by atoms with E-state index < -0.39 is 0 Å². The van der Waals surface area contributed by atoms with Crippen LogP contribution in [-0.4, -0.2) is 19.1 Å². The normalized spacial score (nSPS) is 12.5. The monoisotopic (exact) mass is 211 g/mol. The Morgan fingerprint density at radius 3 is 2.80 bits per heavy atom. The second kappa shape index (κ2) is 5.56. The van der Waals surface area contributed by atoms with Crippen molar-refractivity contribution in [1.82, 2.24) is 5.32 Å². The molecule has 1 rings (SSSR count). The molecule has 0 fully saturated rings. The van der Waals surface area contributed by atoms with Gasteiger partial charge >= 0.3 is 5.97 Å². The molecule has 1 heterocycles. The summed E-state index contributed by atoms with van der Waals surface area (Å²) in [5.74, 6) is 1.47. The molecule has 0 bridgehead atoms. The van der Waals surface area contributed by atoms with Crippen LogP contribution in [0.5, 0.6) is 0 Å². The molecule has 15 heavy (non-hydrogen) atoms. The zero-order valence-electron chi connectivity index (χ0n) is 9.37. The number of nitrogens with one attached hydrogen (secondary N) is 1. The molecule has 1 N–H and O–H groups in total. The largest absolute Gasteiger partial charge is 0.468 e. The van der Waals surface area contributed by atoms with Crippen LogP contribution in [0.1, 0.15) is 24.9 Å². The lowest BCUT2D eigenvalue weighted by atomic mass is 10.2. The van der Waals surface area contributed by atoms with Crippen molar-refractivity contribution in [2.45, 2.75) is 32.9 Å². The summed E-state index contributed by atoms with van der Waals surface area (Å²) in [6.45, 7) is 4.37. The molecule has 4 heteroatoms. The third-order valence-electron chi connectivity index (χ3n) is 2.21. The number of rotatable bonds is 5. The maximum Gasteiger partial charge on any atom is 0.322 e. The molecule has 0 aliphatic carbocycles. The molecule has 0 amide bonds. The van der Waals surface area contributed by atoms with Gasteiger partial charge < -0.3 is 9.15 Å². The highest BCUT2D eigenvalue weighted by atomic mass is 16.5. The third kappa shape index (κ3) is 3.40. The number of furan rings is 1. The van der Waals surface area contributed by atoms with Crippen LogP contribution in [0.4, 0.5) is 0 Å². The smallest absolute Gasteiger partial charge is 0.322 e. The molecule has 0 saturated carbocycles. The predicted octanol–water partition coefficient (Wildman–Crippen LogP) is 1.63. The van der Waals surface area contributed by atoms with Gasteiger partial charge in [-0.1, -0.05) is 6.92 Å². The van der Waals surface area contributed by atoms with Gasteiger partial charge in [0.2, 0.25) is 0 Å². The third-order valence-corrected chi connectivity index (χ3v) is 2.21. The minimum absolute atomic E-state index is 0.235. The average Bonchev–Trinajstić information content (AvgIpc) is 2.64. The van der Waals surface area contributed by atoms with Crippen LogP contribution in [0.3, 0.4) is 0 Å². The standard InChI is InChI=1S/C11H17NO3/c1-4-10(11(13)14-3)12-7-9-6-5-8(2)15-9/h5-6,10,12H,4,7H2,1-3H3. The van der Waals surface area contributed by atoms with E-state index in [0.29, 0.717) is 13.0 Å². The van der Waals surface area contributed by atoms with Crippen molar-refractivity contribution in [2.75, 3.05) is 7.11 Å². The van der Waals surface area contributed by atoms with Crippen molar-refractivity contribution in [3.8, 4) is 0 Å². The second-order valence-corrected chi connectivity index (χ2v) is 3.38. The molecule has 0 aromatic carbocycles. The Morgan fingerprint density at radius 2 is 2.33 bits per heavy atom. The van der Waals surface area contributed by atoms with Gasteiger partial charge in [-0.3, -0.25) is 10.1 Å². The molecule has 0 aliphatic rings. The van der Waals surface area contributed by atoms with E-state index in [9.17, 15) is 4.79 Å². The van der Waals surface area contributed by atoms with Crippen molar-refractivity contribution in [3.05, 3.63) is 23.7 Å². The van der Waals surface area contributed by atoms with Crippen LogP contribution >= 0.6 is 0 Å². The highest BCUT2D eigenvalue weighted by Gasteiger charge is 2.16. The molecule has 0 aliphatic heterocycles. The summed E-state index contributed by atoms with van der Waals surface area (Å²) < 4.78 is 10.0. The van der Waals surface area contributed by atoms with Crippen molar-refractivity contribution in [3.63, 3.8) is 0 Å². The Labute approximate surface area is 89.6 Å². The average molecular weight is 211 g/mol. The van der Waals surface area contributed by atoms with E-state index in [4.69, 9.17) is 4.42 Å². The van der Waals surface area contributed by atoms with Crippen LogP contribution in [0, 0.1) is 6.92 Å². The fourth-order valence-electron chi connectivity index (χ4n) is 1.34. The fraction of sp³-hybridized carbons (Fsp3) is 0.545. The minimum atomic E-state index is -0.264. The van der Waals surface area contributed by atoms with Gasteiger partial charge in [0.15, 0.2) is 0 Å². The Kier molecular flexibility index (Phi) is 4.37. The molecule has 1 atom stereocenters. The van der Waals surface area contributed by atoms with Crippen LogP contribution in [-0.2, 0) is 16.1 Å². The summed E-state index contributed by atoms with van der Waals surface area (Å²) >= 11 is 0. The number of methoxy groups -OCH3 is 1. The van der Waals surface area contributed by atoms with Gasteiger partial charge in [0.1, 0.15) is 17.6 Å². The van der Waals surface area contributed by atoms with E-state index in [-0.39, 0.29) is 12.0 Å². The Morgan fingerprint density at radius 1 is 1.60 bits per heavy atom. The number of aryl methyl sites for hydroxylation is 1. The highest BCUT2D eigenvalue weighted by Crippen LogP contribution is 2.06. The summed E-state index contributed by atoms with van der Waals surface area (Å²) in [6, 6.07) is 3.53. The van der Waals surface area contributed by atoms with Gasteiger partial charge in [-0.2, -0.15) is 0 Å². The molecule has 1 aromatic heterocycles. The summed E-state index contributed by atoms with van der Waals surface area (Å²) in [6.07, 6.45) is 0.701. The van der Waals surface area contributed by atoms with E-state index in [1.165, 1.54) is 7.11 Å². The van der Waals surface area contributed by atoms with Gasteiger partial charge in [0.05, 0.1) is 13.7 Å². The van der Waals surface area contributed by atoms with Crippen molar-refractivity contribution in [2.24, 2.45) is 0 Å². The van der Waals surface area contributed by atoms with Crippen molar-refractivity contribution in [1.29, 1.82) is 0 Å². The Balaban J connectivity index is 2.44. The molecule has 1 unspecified atom stereocenters. The number of hydrogen-bond donors (Lipinski definition) is 1. The molecule has 4 nitrogen and oxygen atoms in total. The molecule has 0 radical (unpaired) electrons. The van der Waals surface area contributed by atoms with Gasteiger partial charge in [-0.15, -0.1) is 0 Å². The van der Waals surface area contributed by atoms with Crippen molar-refractivity contribution >= 4 is 5.97 Å². The first kappa shape index (κ1) is 11.8. The maximum atomic E-state index is 11.3. The van der Waals surface area contributed by atoms with Gasteiger partial charge in [-0.25, -0.2) is 0 Å². The van der Waals surface area contributed by atoms with Gasteiger partial charge in [0.25, 0.3) is 0 Å². The predicted molar refractivity (Wildman–Crippen MR) is 56.4 cm³/mol. The summed E-state index contributed by atoms with van der Waals surface area (Å²) in [4.78, 5) is 11.3. The lowest BCUT2D eigenvalue weighted by Gasteiger charge is -2.12. The number of hydrogen-bond acceptors (Lipinski definition) is 4. The molecule has 0 spiro atoms. The van der Waals surface area contributed by atoms with Crippen LogP contribution in [0.25, 0.3) is 0 Å². The van der Waals surface area contributed by atoms with E-state index in [1.807, 2.05) is 26.0 Å². The second-order valence-electron chi connectivity index (χ2n) is 3.38. The zero-order valence-corrected chi connectivity index (χ0v) is 9.37. The summed E-state index contributed by atoms with van der Waals surface area (Å²) in [5.41, 5.74) is 0. The topological polar surface area (TPSA) is 51.5 Å². The van der Waals surface area contributed by atoms with E-state index in [2.05, 4.69) is 10.1 Å². The zero-order chi connectivity index (χ0) is 11.3. The van der Waals surface area contributed by atoms with E-state index in [0.717, 1.165) is 11.5 Å². The lowest BCUT2D eigenvalue weighted by molar-refractivity contribution is -0.143. The summed E-state index contributed by atoms with van der Waals surface area (Å²) in [5, 5.41) is 3.08. The SMILES string of the molecule is CCC(NCc1ccc(C)o1)C(=O)OC. The minimum Gasteiger partial charge on any atom is -0.468 e. The van der Waals surface area contributed by atoms with Gasteiger partial charge in [-0.05, 0) is 25.5 Å². The highest BCUT2D eigenvalue weighted by molar-refractivity contribution is 5.75. The van der Waals surface area contributed by atoms with Crippen LogP contribution < -0.4 is 5.32 Å². The van der Waals surface area contributed by atoms with Crippen LogP contribution in [0.15, 0.2) is 16.5 Å². The number of esters is 1. The first-order valence-electron chi connectivity index (χ1n) is 5.04. The maximum absolute atomic E-state index is 11.3. The first-order valence-corrected chi connectivity index (χ1v) is 5.04. The van der Waals surface area contributed by atoms with Gasteiger partial charge in [0, 0.05) is 0 Å². The Bertz CT molecular complexity index is 319. The first-order chi connectivity index (χ1) is 7.17. The number of ether oxygens (including phenoxy) is 1. The molecular weight excluding hydrogens is 194 g/mol. The molecule has 1 aromatic rings.